The number of rotatable bonds is 5. The molecular weight excluding hydrogens is 256 g/mol. The summed E-state index contributed by atoms with van der Waals surface area (Å²) in [6, 6.07) is 7.51. The fourth-order valence-corrected chi connectivity index (χ4v) is 2.14. The van der Waals surface area contributed by atoms with Gasteiger partial charge in [0.25, 0.3) is 0 Å². The van der Waals surface area contributed by atoms with E-state index in [0.717, 1.165) is 29.5 Å². The van der Waals surface area contributed by atoms with Gasteiger partial charge in [0, 0.05) is 5.39 Å². The molecule has 2 aromatic heterocycles. The van der Waals surface area contributed by atoms with E-state index in [1.165, 1.54) is 0 Å². The molecule has 0 aliphatic carbocycles. The zero-order chi connectivity index (χ0) is 13.9. The molecular formula is C14H16N4O2. The molecule has 0 aliphatic rings. The number of hydrogen-bond donors (Lipinski definition) is 1. The van der Waals surface area contributed by atoms with Crippen molar-refractivity contribution in [1.29, 1.82) is 0 Å². The minimum Gasteiger partial charge on any atom is -0.356 e. The summed E-state index contributed by atoms with van der Waals surface area (Å²) in [5.74, 6) is 1.06. The van der Waals surface area contributed by atoms with Crippen LogP contribution in [0.15, 0.2) is 33.3 Å². The maximum Gasteiger partial charge on any atom is 0.232 e. The maximum absolute atomic E-state index is 5.96. The van der Waals surface area contributed by atoms with Gasteiger partial charge in [-0.2, -0.15) is 4.98 Å². The van der Waals surface area contributed by atoms with Crippen LogP contribution >= 0.6 is 0 Å². The fraction of sp³-hybridized carbons (Fsp3) is 0.357. The Morgan fingerprint density at radius 3 is 2.90 bits per heavy atom. The zero-order valence-corrected chi connectivity index (χ0v) is 11.2. The zero-order valence-electron chi connectivity index (χ0n) is 11.2. The Balaban J connectivity index is 1.81. The van der Waals surface area contributed by atoms with Gasteiger partial charge in [0.1, 0.15) is 5.69 Å². The van der Waals surface area contributed by atoms with Crippen LogP contribution in [0.2, 0.25) is 0 Å². The Labute approximate surface area is 115 Å². The third kappa shape index (κ3) is 2.42. The third-order valence-corrected chi connectivity index (χ3v) is 3.19. The molecule has 0 aliphatic heterocycles. The van der Waals surface area contributed by atoms with Gasteiger partial charge in [-0.05, 0) is 18.6 Å². The lowest BCUT2D eigenvalue weighted by atomic mass is 10.1. The van der Waals surface area contributed by atoms with Crippen LogP contribution in [0.3, 0.4) is 0 Å². The van der Waals surface area contributed by atoms with Crippen LogP contribution in [-0.4, -0.2) is 15.3 Å². The Morgan fingerprint density at radius 1 is 1.20 bits per heavy atom. The predicted molar refractivity (Wildman–Crippen MR) is 72.9 cm³/mol. The first-order chi connectivity index (χ1) is 9.78. The number of hydrogen-bond acceptors (Lipinski definition) is 6. The van der Waals surface area contributed by atoms with E-state index < -0.39 is 0 Å². The van der Waals surface area contributed by atoms with Gasteiger partial charge in [0.2, 0.25) is 5.89 Å². The summed E-state index contributed by atoms with van der Waals surface area (Å²) in [5, 5.41) is 8.94. The largest absolute Gasteiger partial charge is 0.356 e. The Bertz CT molecular complexity index is 704. The molecule has 0 bridgehead atoms. The smallest absolute Gasteiger partial charge is 0.232 e. The van der Waals surface area contributed by atoms with Crippen molar-refractivity contribution in [1.82, 2.24) is 15.3 Å². The predicted octanol–water partition coefficient (Wildman–Crippen LogP) is 2.60. The van der Waals surface area contributed by atoms with Gasteiger partial charge in [-0.25, -0.2) is 0 Å². The molecule has 2 N–H and O–H groups in total. The second kappa shape index (κ2) is 5.42. The Morgan fingerprint density at radius 2 is 2.05 bits per heavy atom. The van der Waals surface area contributed by atoms with Gasteiger partial charge in [0.15, 0.2) is 11.4 Å². The summed E-state index contributed by atoms with van der Waals surface area (Å²) in [6.07, 6.45) is 2.27. The number of nitrogens with zero attached hydrogens (tertiary/aromatic N) is 3. The summed E-state index contributed by atoms with van der Waals surface area (Å²) in [4.78, 5) is 4.33. The highest BCUT2D eigenvalue weighted by Gasteiger charge is 2.16. The molecule has 6 heteroatoms. The number of aromatic nitrogens is 3. The Kier molecular flexibility index (Phi) is 3.47. The average molecular weight is 272 g/mol. The number of benzene rings is 1. The lowest BCUT2D eigenvalue weighted by Gasteiger charge is -2.02. The molecule has 2 heterocycles. The highest BCUT2D eigenvalue weighted by atomic mass is 16.5. The van der Waals surface area contributed by atoms with Gasteiger partial charge in [0.05, 0.1) is 12.5 Å². The van der Waals surface area contributed by atoms with Crippen LogP contribution in [0, 0.1) is 0 Å². The van der Waals surface area contributed by atoms with E-state index in [9.17, 15) is 0 Å². The van der Waals surface area contributed by atoms with Crippen LogP contribution in [-0.2, 0) is 6.42 Å². The van der Waals surface area contributed by atoms with E-state index in [0.29, 0.717) is 18.1 Å². The van der Waals surface area contributed by atoms with Crippen molar-refractivity contribution in [2.75, 3.05) is 0 Å². The first-order valence-electron chi connectivity index (χ1n) is 6.69. The monoisotopic (exact) mass is 272 g/mol. The van der Waals surface area contributed by atoms with Gasteiger partial charge in [-0.1, -0.05) is 35.8 Å². The summed E-state index contributed by atoms with van der Waals surface area (Å²) >= 11 is 0. The van der Waals surface area contributed by atoms with Crippen LogP contribution in [0.25, 0.3) is 11.0 Å². The van der Waals surface area contributed by atoms with Crippen molar-refractivity contribution < 1.29 is 9.05 Å². The summed E-state index contributed by atoms with van der Waals surface area (Å²) in [6.45, 7) is 2.07. The molecule has 0 fully saturated rings. The molecule has 0 amide bonds. The van der Waals surface area contributed by atoms with Crippen LogP contribution in [0.4, 0.5) is 0 Å². The van der Waals surface area contributed by atoms with Gasteiger partial charge in [-0.15, -0.1) is 0 Å². The van der Waals surface area contributed by atoms with Crippen LogP contribution in [0.1, 0.15) is 43.2 Å². The topological polar surface area (TPSA) is 91.0 Å². The lowest BCUT2D eigenvalue weighted by Crippen LogP contribution is -2.11. The molecule has 0 spiro atoms. The molecule has 0 radical (unpaired) electrons. The van der Waals surface area contributed by atoms with Crippen molar-refractivity contribution in [2.24, 2.45) is 5.73 Å². The normalized spacial score (nSPS) is 12.9. The first-order valence-corrected chi connectivity index (χ1v) is 6.69. The van der Waals surface area contributed by atoms with Crippen LogP contribution in [0.5, 0.6) is 0 Å². The minimum atomic E-state index is -0.174. The number of fused-ring (bicyclic) bond motifs is 1. The van der Waals surface area contributed by atoms with E-state index in [1.807, 2.05) is 24.3 Å². The van der Waals surface area contributed by atoms with E-state index in [2.05, 4.69) is 22.2 Å². The number of para-hydroxylation sites is 1. The van der Waals surface area contributed by atoms with Gasteiger partial charge in [-0.3, -0.25) is 0 Å². The molecule has 0 saturated heterocycles. The van der Waals surface area contributed by atoms with Crippen molar-refractivity contribution in [3.05, 3.63) is 41.7 Å². The molecule has 1 unspecified atom stereocenters. The molecule has 104 valence electrons. The highest BCUT2D eigenvalue weighted by Crippen LogP contribution is 2.20. The van der Waals surface area contributed by atoms with Crippen molar-refractivity contribution in [3.63, 3.8) is 0 Å². The fourth-order valence-electron chi connectivity index (χ4n) is 2.14. The summed E-state index contributed by atoms with van der Waals surface area (Å²) < 4.78 is 10.5. The maximum atomic E-state index is 5.96. The standard InChI is InChI=1S/C14H16N4O2/c1-2-5-10(15)14-16-13(20-18-14)8-11-9-6-3-4-7-12(9)19-17-11/h3-4,6-7,10H,2,5,8,15H2,1H3. The lowest BCUT2D eigenvalue weighted by molar-refractivity contribution is 0.370. The summed E-state index contributed by atoms with van der Waals surface area (Å²) in [5.41, 5.74) is 7.51. The quantitative estimate of drug-likeness (QED) is 0.767. The Hall–Kier alpha value is -2.21. The molecule has 1 aromatic carbocycles. The molecule has 0 saturated carbocycles. The second-order valence-electron chi connectivity index (χ2n) is 4.74. The number of nitrogens with two attached hydrogens (primary N) is 1. The summed E-state index contributed by atoms with van der Waals surface area (Å²) in [7, 11) is 0. The van der Waals surface area contributed by atoms with E-state index >= 15 is 0 Å². The molecule has 3 aromatic rings. The second-order valence-corrected chi connectivity index (χ2v) is 4.74. The molecule has 20 heavy (non-hydrogen) atoms. The molecule has 6 nitrogen and oxygen atoms in total. The van der Waals surface area contributed by atoms with E-state index in [1.54, 1.807) is 0 Å². The SMILES string of the molecule is CCCC(N)c1noc(Cc2noc3ccccc23)n1. The molecule has 1 atom stereocenters. The van der Waals surface area contributed by atoms with Crippen molar-refractivity contribution in [3.8, 4) is 0 Å². The van der Waals surface area contributed by atoms with Gasteiger partial charge < -0.3 is 14.8 Å². The van der Waals surface area contributed by atoms with Gasteiger partial charge >= 0.3 is 0 Å². The third-order valence-electron chi connectivity index (χ3n) is 3.19. The van der Waals surface area contributed by atoms with Crippen LogP contribution < -0.4 is 5.73 Å². The first kappa shape index (κ1) is 12.8. The average Bonchev–Trinajstić information content (AvgIpc) is 3.08. The van der Waals surface area contributed by atoms with E-state index in [-0.39, 0.29) is 6.04 Å². The van der Waals surface area contributed by atoms with E-state index in [4.69, 9.17) is 14.8 Å². The molecule has 3 rings (SSSR count). The highest BCUT2D eigenvalue weighted by molar-refractivity contribution is 5.79. The van der Waals surface area contributed by atoms with Crippen molar-refractivity contribution >= 4 is 11.0 Å². The van der Waals surface area contributed by atoms with Crippen molar-refractivity contribution in [2.45, 2.75) is 32.2 Å². The minimum absolute atomic E-state index is 0.174.